The molecule has 0 unspecified atom stereocenters. The van der Waals surface area contributed by atoms with E-state index in [1.54, 1.807) is 37.5 Å². The molecule has 1 saturated heterocycles. The van der Waals surface area contributed by atoms with E-state index in [1.807, 2.05) is 6.07 Å². The highest BCUT2D eigenvalue weighted by atomic mass is 79.9. The van der Waals surface area contributed by atoms with Gasteiger partial charge in [0.25, 0.3) is 11.8 Å². The number of amides is 2. The maximum Gasteiger partial charge on any atom is 0.285 e. The SMILES string of the molecule is COc1cc(/C=C2/SC(=S)N(NC(=O)c3cccc(Cl)c3)C2=O)cc(Br)c1OCc1ccc(C(C)(C)C)cc1. The molecule has 10 heteroatoms. The monoisotopic (exact) mass is 644 g/mol. The second kappa shape index (κ2) is 12.1. The predicted molar refractivity (Wildman–Crippen MR) is 164 cm³/mol. The molecule has 0 spiro atoms. The largest absolute Gasteiger partial charge is 0.493 e. The zero-order valence-electron chi connectivity index (χ0n) is 21.7. The first-order chi connectivity index (χ1) is 18.5. The van der Waals surface area contributed by atoms with E-state index >= 15 is 0 Å². The summed E-state index contributed by atoms with van der Waals surface area (Å²) in [6.45, 7) is 6.90. The van der Waals surface area contributed by atoms with Crippen molar-refractivity contribution < 1.29 is 19.1 Å². The Bertz CT molecular complexity index is 1470. The first-order valence-corrected chi connectivity index (χ1v) is 14.3. The summed E-state index contributed by atoms with van der Waals surface area (Å²) in [5.41, 5.74) is 5.93. The van der Waals surface area contributed by atoms with Gasteiger partial charge in [-0.05, 0) is 86.7 Å². The fraction of sp³-hybridized carbons (Fsp3) is 0.207. The Hall–Kier alpha value is -2.85. The summed E-state index contributed by atoms with van der Waals surface area (Å²) < 4.78 is 12.6. The van der Waals surface area contributed by atoms with E-state index < -0.39 is 11.8 Å². The van der Waals surface area contributed by atoms with Crippen LogP contribution in [0.4, 0.5) is 0 Å². The molecule has 1 N–H and O–H groups in total. The molecule has 1 fully saturated rings. The van der Waals surface area contributed by atoms with Crippen LogP contribution in [0.1, 0.15) is 47.8 Å². The highest BCUT2D eigenvalue weighted by Gasteiger charge is 2.34. The van der Waals surface area contributed by atoms with Crippen LogP contribution in [0.3, 0.4) is 0 Å². The van der Waals surface area contributed by atoms with Crippen molar-refractivity contribution in [1.82, 2.24) is 10.4 Å². The number of hydrazine groups is 1. The maximum absolute atomic E-state index is 13.0. The molecule has 0 saturated carbocycles. The lowest BCUT2D eigenvalue weighted by Crippen LogP contribution is -2.44. The number of ether oxygens (including phenoxy) is 2. The van der Waals surface area contributed by atoms with Gasteiger partial charge in [-0.3, -0.25) is 15.0 Å². The average molecular weight is 646 g/mol. The first-order valence-electron chi connectivity index (χ1n) is 11.9. The molecular weight excluding hydrogens is 620 g/mol. The van der Waals surface area contributed by atoms with Gasteiger partial charge in [0.15, 0.2) is 15.8 Å². The van der Waals surface area contributed by atoms with Gasteiger partial charge in [-0.2, -0.15) is 5.01 Å². The molecule has 0 radical (unpaired) electrons. The van der Waals surface area contributed by atoms with E-state index in [9.17, 15) is 9.59 Å². The lowest BCUT2D eigenvalue weighted by Gasteiger charge is -2.19. The fourth-order valence-electron chi connectivity index (χ4n) is 3.73. The van der Waals surface area contributed by atoms with Crippen molar-refractivity contribution in [2.75, 3.05) is 7.11 Å². The number of hydrogen-bond donors (Lipinski definition) is 1. The minimum Gasteiger partial charge on any atom is -0.493 e. The number of thiocarbonyl (C=S) groups is 1. The Morgan fingerprint density at radius 2 is 1.87 bits per heavy atom. The number of benzene rings is 3. The number of hydrogen-bond acceptors (Lipinski definition) is 6. The number of methoxy groups -OCH3 is 1. The summed E-state index contributed by atoms with van der Waals surface area (Å²) in [6.07, 6.45) is 1.69. The molecule has 0 aromatic heterocycles. The van der Waals surface area contributed by atoms with Gasteiger partial charge < -0.3 is 9.47 Å². The van der Waals surface area contributed by atoms with Gasteiger partial charge in [0, 0.05) is 10.6 Å². The van der Waals surface area contributed by atoms with Crippen LogP contribution >= 0.6 is 51.5 Å². The van der Waals surface area contributed by atoms with Gasteiger partial charge in [0.05, 0.1) is 16.5 Å². The quantitative estimate of drug-likeness (QED) is 0.212. The van der Waals surface area contributed by atoms with Crippen LogP contribution in [0.2, 0.25) is 5.02 Å². The number of thioether (sulfide) groups is 1. The lowest BCUT2D eigenvalue weighted by molar-refractivity contribution is -0.123. The summed E-state index contributed by atoms with van der Waals surface area (Å²) in [6, 6.07) is 18.4. The number of nitrogens with zero attached hydrogens (tertiary/aromatic N) is 1. The summed E-state index contributed by atoms with van der Waals surface area (Å²) in [4.78, 5) is 26.0. The van der Waals surface area contributed by atoms with Crippen LogP contribution in [0, 0.1) is 0 Å². The van der Waals surface area contributed by atoms with Gasteiger partial charge in [0.2, 0.25) is 0 Å². The molecule has 3 aromatic carbocycles. The Morgan fingerprint density at radius 1 is 1.15 bits per heavy atom. The highest BCUT2D eigenvalue weighted by molar-refractivity contribution is 9.10. The normalized spacial score (nSPS) is 14.6. The maximum atomic E-state index is 13.0. The molecule has 6 nitrogen and oxygen atoms in total. The summed E-state index contributed by atoms with van der Waals surface area (Å²) in [5.74, 6) is 0.131. The van der Waals surface area contributed by atoms with Crippen LogP contribution in [0.5, 0.6) is 11.5 Å². The predicted octanol–water partition coefficient (Wildman–Crippen LogP) is 7.53. The fourth-order valence-corrected chi connectivity index (χ4v) is 5.67. The molecule has 0 aliphatic carbocycles. The molecule has 1 aliphatic rings. The molecule has 0 atom stereocenters. The van der Waals surface area contributed by atoms with Crippen LogP contribution in [0.15, 0.2) is 70.0 Å². The summed E-state index contributed by atoms with van der Waals surface area (Å²) in [7, 11) is 1.56. The van der Waals surface area contributed by atoms with E-state index in [-0.39, 0.29) is 9.74 Å². The Morgan fingerprint density at radius 3 is 2.51 bits per heavy atom. The summed E-state index contributed by atoms with van der Waals surface area (Å²) in [5, 5.41) is 1.47. The van der Waals surface area contributed by atoms with Gasteiger partial charge in [-0.15, -0.1) is 0 Å². The zero-order chi connectivity index (χ0) is 28.3. The second-order valence-electron chi connectivity index (χ2n) is 9.74. The second-order valence-corrected chi connectivity index (χ2v) is 12.7. The molecule has 39 heavy (non-hydrogen) atoms. The Labute approximate surface area is 250 Å². The molecule has 2 amide bonds. The molecule has 4 rings (SSSR count). The Kier molecular flexibility index (Phi) is 9.06. The van der Waals surface area contributed by atoms with E-state index in [1.165, 1.54) is 11.6 Å². The number of rotatable bonds is 7. The van der Waals surface area contributed by atoms with Crippen molar-refractivity contribution in [2.24, 2.45) is 0 Å². The third-order valence-corrected chi connectivity index (χ3v) is 7.97. The molecule has 1 aliphatic heterocycles. The van der Waals surface area contributed by atoms with E-state index in [4.69, 9.17) is 33.3 Å². The third-order valence-electron chi connectivity index (χ3n) is 5.85. The van der Waals surface area contributed by atoms with Gasteiger partial charge >= 0.3 is 0 Å². The number of nitrogens with one attached hydrogen (secondary N) is 1. The van der Waals surface area contributed by atoms with Crippen molar-refractivity contribution in [3.05, 3.63) is 97.3 Å². The zero-order valence-corrected chi connectivity index (χ0v) is 25.7. The number of carbonyl (C=O) groups excluding carboxylic acids is 2. The van der Waals surface area contributed by atoms with Crippen molar-refractivity contribution in [1.29, 1.82) is 0 Å². The highest BCUT2D eigenvalue weighted by Crippen LogP contribution is 2.39. The number of halogens is 2. The van der Waals surface area contributed by atoms with E-state index in [0.717, 1.165) is 22.3 Å². The van der Waals surface area contributed by atoms with Crippen molar-refractivity contribution in [3.63, 3.8) is 0 Å². The summed E-state index contributed by atoms with van der Waals surface area (Å²) >= 11 is 16.0. The van der Waals surface area contributed by atoms with Gasteiger partial charge in [0.1, 0.15) is 6.61 Å². The topological polar surface area (TPSA) is 67.9 Å². The van der Waals surface area contributed by atoms with E-state index in [2.05, 4.69) is 66.4 Å². The Balaban J connectivity index is 1.48. The standard InChI is InChI=1S/C29H26BrClN2O4S2/c1-29(2,3)20-10-8-17(9-11-20)16-37-25-22(30)12-18(13-23(25)36-4)14-24-27(35)33(28(38)39-24)32-26(34)19-6-5-7-21(31)15-19/h5-15H,16H2,1-4H3,(H,32,34)/b24-14+. The average Bonchev–Trinajstić information content (AvgIpc) is 3.14. The molecule has 202 valence electrons. The van der Waals surface area contributed by atoms with Crippen molar-refractivity contribution >= 4 is 73.7 Å². The van der Waals surface area contributed by atoms with Gasteiger partial charge in [-0.25, -0.2) is 0 Å². The molecule has 3 aromatic rings. The lowest BCUT2D eigenvalue weighted by atomic mass is 9.87. The smallest absolute Gasteiger partial charge is 0.285 e. The van der Waals surface area contributed by atoms with Crippen LogP contribution < -0.4 is 14.9 Å². The van der Waals surface area contributed by atoms with E-state index in [0.29, 0.717) is 43.6 Å². The first kappa shape index (κ1) is 29.1. The van der Waals surface area contributed by atoms with Gasteiger partial charge in [-0.1, -0.05) is 74.5 Å². The minimum absolute atomic E-state index is 0.0809. The number of carbonyl (C=O) groups is 2. The van der Waals surface area contributed by atoms with Crippen LogP contribution in [0.25, 0.3) is 6.08 Å². The van der Waals surface area contributed by atoms with Crippen molar-refractivity contribution in [2.45, 2.75) is 32.8 Å². The minimum atomic E-state index is -0.492. The molecule has 1 heterocycles. The molecule has 0 bridgehead atoms. The van der Waals surface area contributed by atoms with Crippen molar-refractivity contribution in [3.8, 4) is 11.5 Å². The van der Waals surface area contributed by atoms with Crippen LogP contribution in [-0.2, 0) is 16.8 Å². The van der Waals surface area contributed by atoms with Crippen LogP contribution in [-0.4, -0.2) is 28.3 Å². The molecular formula is C29H26BrClN2O4S2. The third kappa shape index (κ3) is 7.03.